The van der Waals surface area contributed by atoms with E-state index in [0.717, 1.165) is 62.9 Å². The predicted molar refractivity (Wildman–Crippen MR) is 127 cm³/mol. The van der Waals surface area contributed by atoms with Gasteiger partial charge in [0.05, 0.1) is 14.2 Å². The minimum Gasteiger partial charge on any atom is -0.493 e. The van der Waals surface area contributed by atoms with Crippen LogP contribution in [0.4, 0.5) is 4.39 Å². The van der Waals surface area contributed by atoms with Crippen molar-refractivity contribution in [2.45, 2.75) is 51.6 Å². The first kappa shape index (κ1) is 25.0. The number of carbonyl (C=O) groups excluding carboxylic acids is 1. The van der Waals surface area contributed by atoms with Gasteiger partial charge in [-0.15, -0.1) is 0 Å². The van der Waals surface area contributed by atoms with Crippen molar-refractivity contribution < 1.29 is 23.4 Å². The number of hydrogen-bond acceptors (Lipinski definition) is 5. The fraction of sp³-hybridized carbons (Fsp3) is 0.519. The number of nitrogens with zero attached hydrogens (tertiary/aromatic N) is 1. The Morgan fingerprint density at radius 3 is 2.45 bits per heavy atom. The molecule has 33 heavy (non-hydrogen) atoms. The monoisotopic (exact) mass is 457 g/mol. The highest BCUT2D eigenvalue weighted by Gasteiger charge is 2.33. The Balaban J connectivity index is 1.68. The number of para-hydroxylation sites is 1. The second kappa shape index (κ2) is 12.6. The summed E-state index contributed by atoms with van der Waals surface area (Å²) in [6.45, 7) is 4.86. The van der Waals surface area contributed by atoms with E-state index >= 15 is 0 Å². The lowest BCUT2D eigenvalue weighted by atomic mass is 9.86. The number of likely N-dealkylation sites (tertiary alicyclic amines) is 1. The minimum atomic E-state index is -0.362. The van der Waals surface area contributed by atoms with Crippen LogP contribution in [0.15, 0.2) is 42.5 Å². The van der Waals surface area contributed by atoms with Crippen molar-refractivity contribution in [1.29, 1.82) is 0 Å². The molecule has 0 aliphatic carbocycles. The molecule has 1 saturated heterocycles. The standard InChI is InChI=1S/C27H36FNO4/c1-4-5-9-25(30)33-26(23-7-6-8-24(31-2)27(23)32-3)21-15-18-29(19-16-21)17-14-20-10-12-22(28)13-11-20/h6-8,10-13,21,26H,4-5,9,14-19H2,1-3H3. The Kier molecular flexibility index (Phi) is 9.55. The molecule has 1 heterocycles. The molecular weight excluding hydrogens is 421 g/mol. The van der Waals surface area contributed by atoms with Crippen LogP contribution in [0, 0.1) is 11.7 Å². The van der Waals surface area contributed by atoms with Crippen molar-refractivity contribution in [3.8, 4) is 11.5 Å². The van der Waals surface area contributed by atoms with Gasteiger partial charge in [-0.3, -0.25) is 4.79 Å². The van der Waals surface area contributed by atoms with Crippen molar-refractivity contribution >= 4 is 5.97 Å². The van der Waals surface area contributed by atoms with E-state index in [1.54, 1.807) is 14.2 Å². The molecule has 0 N–H and O–H groups in total. The summed E-state index contributed by atoms with van der Waals surface area (Å²) in [5.41, 5.74) is 2.01. The molecule has 0 bridgehead atoms. The Bertz CT molecular complexity index is 878. The first-order valence-electron chi connectivity index (χ1n) is 11.9. The maximum absolute atomic E-state index is 13.1. The lowest BCUT2D eigenvalue weighted by molar-refractivity contribution is -0.153. The summed E-state index contributed by atoms with van der Waals surface area (Å²) in [6, 6.07) is 12.5. The second-order valence-corrected chi connectivity index (χ2v) is 8.65. The summed E-state index contributed by atoms with van der Waals surface area (Å²) in [5.74, 6) is 1.12. The predicted octanol–water partition coefficient (Wildman–Crippen LogP) is 5.57. The van der Waals surface area contributed by atoms with E-state index in [1.807, 2.05) is 30.3 Å². The SMILES string of the molecule is CCCCC(=O)OC(c1cccc(OC)c1OC)C1CCN(CCc2ccc(F)cc2)CC1. The third kappa shape index (κ3) is 6.94. The van der Waals surface area contributed by atoms with Crippen LogP contribution in [-0.4, -0.2) is 44.7 Å². The molecule has 0 amide bonds. The molecule has 0 saturated carbocycles. The van der Waals surface area contributed by atoms with Crippen molar-refractivity contribution in [1.82, 2.24) is 4.90 Å². The molecule has 2 aromatic carbocycles. The Morgan fingerprint density at radius 2 is 1.82 bits per heavy atom. The normalized spacial score (nSPS) is 15.8. The molecule has 5 nitrogen and oxygen atoms in total. The van der Waals surface area contributed by atoms with E-state index < -0.39 is 0 Å². The number of carbonyl (C=O) groups is 1. The zero-order valence-corrected chi connectivity index (χ0v) is 20.0. The van der Waals surface area contributed by atoms with E-state index in [9.17, 15) is 9.18 Å². The van der Waals surface area contributed by atoms with E-state index in [4.69, 9.17) is 14.2 Å². The average Bonchev–Trinajstić information content (AvgIpc) is 2.85. The lowest BCUT2D eigenvalue weighted by Gasteiger charge is -2.36. The molecule has 0 aromatic heterocycles. The minimum absolute atomic E-state index is 0.162. The summed E-state index contributed by atoms with van der Waals surface area (Å²) < 4.78 is 30.4. The fourth-order valence-electron chi connectivity index (χ4n) is 4.49. The summed E-state index contributed by atoms with van der Waals surface area (Å²) in [7, 11) is 3.23. The van der Waals surface area contributed by atoms with E-state index in [2.05, 4.69) is 11.8 Å². The molecule has 1 aliphatic rings. The third-order valence-corrected chi connectivity index (χ3v) is 6.42. The average molecular weight is 458 g/mol. The molecule has 0 spiro atoms. The van der Waals surface area contributed by atoms with Crippen LogP contribution in [0.3, 0.4) is 0 Å². The number of benzene rings is 2. The van der Waals surface area contributed by atoms with E-state index in [0.29, 0.717) is 17.9 Å². The smallest absolute Gasteiger partial charge is 0.306 e. The number of piperidine rings is 1. The van der Waals surface area contributed by atoms with Gasteiger partial charge < -0.3 is 19.1 Å². The zero-order valence-electron chi connectivity index (χ0n) is 20.0. The van der Waals surface area contributed by atoms with Gasteiger partial charge in [0.15, 0.2) is 11.5 Å². The highest BCUT2D eigenvalue weighted by atomic mass is 19.1. The lowest BCUT2D eigenvalue weighted by Crippen LogP contribution is -2.37. The highest BCUT2D eigenvalue weighted by Crippen LogP contribution is 2.42. The van der Waals surface area contributed by atoms with Crippen LogP contribution in [-0.2, 0) is 16.0 Å². The van der Waals surface area contributed by atoms with Crippen LogP contribution in [0.1, 0.15) is 56.3 Å². The Hall–Kier alpha value is -2.60. The van der Waals surface area contributed by atoms with Crippen LogP contribution >= 0.6 is 0 Å². The van der Waals surface area contributed by atoms with Crippen LogP contribution < -0.4 is 9.47 Å². The molecule has 0 radical (unpaired) electrons. The maximum Gasteiger partial charge on any atom is 0.306 e. The van der Waals surface area contributed by atoms with Gasteiger partial charge >= 0.3 is 5.97 Å². The summed E-state index contributed by atoms with van der Waals surface area (Å²) in [4.78, 5) is 15.0. The summed E-state index contributed by atoms with van der Waals surface area (Å²) >= 11 is 0. The molecule has 1 aliphatic heterocycles. The van der Waals surface area contributed by atoms with Crippen molar-refractivity contribution in [3.63, 3.8) is 0 Å². The van der Waals surface area contributed by atoms with Gasteiger partial charge in [-0.1, -0.05) is 37.6 Å². The van der Waals surface area contributed by atoms with Gasteiger partial charge in [0, 0.05) is 24.4 Å². The maximum atomic E-state index is 13.1. The topological polar surface area (TPSA) is 48.0 Å². The van der Waals surface area contributed by atoms with Crippen molar-refractivity contribution in [3.05, 3.63) is 59.4 Å². The van der Waals surface area contributed by atoms with Crippen LogP contribution in [0.2, 0.25) is 0 Å². The number of methoxy groups -OCH3 is 2. The summed E-state index contributed by atoms with van der Waals surface area (Å²) in [5, 5.41) is 0. The van der Waals surface area contributed by atoms with Crippen LogP contribution in [0.25, 0.3) is 0 Å². The zero-order chi connectivity index (χ0) is 23.6. The number of unbranched alkanes of at least 4 members (excludes halogenated alkanes) is 1. The molecule has 180 valence electrons. The van der Waals surface area contributed by atoms with Crippen molar-refractivity contribution in [2.24, 2.45) is 5.92 Å². The van der Waals surface area contributed by atoms with Gasteiger partial charge in [0.2, 0.25) is 0 Å². The number of esters is 1. The highest BCUT2D eigenvalue weighted by molar-refractivity contribution is 5.70. The van der Waals surface area contributed by atoms with Crippen molar-refractivity contribution in [2.75, 3.05) is 33.9 Å². The summed E-state index contributed by atoms with van der Waals surface area (Å²) in [6.07, 6.45) is 4.58. The molecule has 6 heteroatoms. The van der Waals surface area contributed by atoms with E-state index in [1.165, 1.54) is 12.1 Å². The number of halogens is 1. The van der Waals surface area contributed by atoms with Gasteiger partial charge in [-0.2, -0.15) is 0 Å². The number of rotatable bonds is 11. The quantitative estimate of drug-likeness (QED) is 0.413. The second-order valence-electron chi connectivity index (χ2n) is 8.65. The van der Waals surface area contributed by atoms with Gasteiger partial charge in [-0.05, 0) is 62.5 Å². The number of hydrogen-bond donors (Lipinski definition) is 0. The Morgan fingerprint density at radius 1 is 1.09 bits per heavy atom. The molecule has 2 aromatic rings. The van der Waals surface area contributed by atoms with Gasteiger partial charge in [0.25, 0.3) is 0 Å². The fourth-order valence-corrected chi connectivity index (χ4v) is 4.49. The largest absolute Gasteiger partial charge is 0.493 e. The number of ether oxygens (including phenoxy) is 3. The first-order chi connectivity index (χ1) is 16.0. The molecule has 1 fully saturated rings. The van der Waals surface area contributed by atoms with Gasteiger partial charge in [-0.25, -0.2) is 4.39 Å². The van der Waals surface area contributed by atoms with E-state index in [-0.39, 0.29) is 23.8 Å². The van der Waals surface area contributed by atoms with Gasteiger partial charge in [0.1, 0.15) is 11.9 Å². The Labute approximate surface area is 196 Å². The molecular formula is C27H36FNO4. The third-order valence-electron chi connectivity index (χ3n) is 6.42. The molecule has 1 atom stereocenters. The van der Waals surface area contributed by atoms with Crippen LogP contribution in [0.5, 0.6) is 11.5 Å². The molecule has 1 unspecified atom stereocenters. The first-order valence-corrected chi connectivity index (χ1v) is 11.9. The molecule has 3 rings (SSSR count).